The Labute approximate surface area is 162 Å². The van der Waals surface area contributed by atoms with Crippen LogP contribution in [0.5, 0.6) is 0 Å². The number of aliphatic hydroxyl groups is 1. The fourth-order valence-corrected chi connectivity index (χ4v) is 4.61. The molecular formula is C18H26N6O2S. The summed E-state index contributed by atoms with van der Waals surface area (Å²) in [6, 6.07) is 1.83. The fraction of sp³-hybridized carbons (Fsp3) is 0.611. The van der Waals surface area contributed by atoms with Gasteiger partial charge in [-0.2, -0.15) is 5.10 Å². The lowest BCUT2D eigenvalue weighted by molar-refractivity contribution is -0.134. The molecule has 27 heavy (non-hydrogen) atoms. The van der Waals surface area contributed by atoms with E-state index in [9.17, 15) is 9.90 Å². The molecule has 4 rings (SSSR count). The Morgan fingerprint density at radius 1 is 1.44 bits per heavy atom. The first kappa shape index (κ1) is 18.5. The molecule has 0 aliphatic carbocycles. The van der Waals surface area contributed by atoms with Crippen LogP contribution in [-0.2, 0) is 31.0 Å². The number of amides is 1. The summed E-state index contributed by atoms with van der Waals surface area (Å²) >= 11 is 1.69. The van der Waals surface area contributed by atoms with Crippen LogP contribution >= 0.6 is 11.3 Å². The van der Waals surface area contributed by atoms with E-state index in [1.807, 2.05) is 16.5 Å². The second-order valence-corrected chi connectivity index (χ2v) is 8.46. The maximum atomic E-state index is 12.7. The van der Waals surface area contributed by atoms with Crippen molar-refractivity contribution in [3.8, 4) is 0 Å². The number of aliphatic hydroxyl groups excluding tert-OH is 1. The summed E-state index contributed by atoms with van der Waals surface area (Å²) in [4.78, 5) is 21.2. The van der Waals surface area contributed by atoms with E-state index in [0.29, 0.717) is 32.6 Å². The molecule has 0 bridgehead atoms. The molecule has 2 N–H and O–H groups in total. The van der Waals surface area contributed by atoms with Gasteiger partial charge in [0.2, 0.25) is 5.91 Å². The van der Waals surface area contributed by atoms with Gasteiger partial charge in [-0.25, -0.2) is 4.98 Å². The zero-order valence-corrected chi connectivity index (χ0v) is 16.6. The highest BCUT2D eigenvalue weighted by molar-refractivity contribution is 7.09. The summed E-state index contributed by atoms with van der Waals surface area (Å²) < 4.78 is 2.01. The molecule has 2 aliphatic heterocycles. The molecule has 1 saturated heterocycles. The lowest BCUT2D eigenvalue weighted by atomic mass is 10.1. The number of carbonyl (C=O) groups is 1. The molecule has 4 heterocycles. The Hall–Kier alpha value is -1.81. The minimum absolute atomic E-state index is 0.0804. The number of hydrogen-bond acceptors (Lipinski definition) is 7. The van der Waals surface area contributed by atoms with Crippen LogP contribution in [0.15, 0.2) is 11.4 Å². The molecule has 8 nitrogen and oxygen atoms in total. The predicted octanol–water partition coefficient (Wildman–Crippen LogP) is 0.345. The van der Waals surface area contributed by atoms with Crippen LogP contribution in [0.1, 0.15) is 28.5 Å². The highest BCUT2D eigenvalue weighted by atomic mass is 32.1. The molecular weight excluding hydrogens is 364 g/mol. The summed E-state index contributed by atoms with van der Waals surface area (Å²) in [5.41, 5.74) is 3.15. The van der Waals surface area contributed by atoms with Crippen LogP contribution in [-0.4, -0.2) is 67.9 Å². The molecule has 0 saturated carbocycles. The molecule has 2 atom stereocenters. The molecule has 2 aromatic heterocycles. The van der Waals surface area contributed by atoms with E-state index >= 15 is 0 Å². The summed E-state index contributed by atoms with van der Waals surface area (Å²) in [5, 5.41) is 20.6. The van der Waals surface area contributed by atoms with Crippen molar-refractivity contribution in [3.63, 3.8) is 0 Å². The topological polar surface area (TPSA) is 86.5 Å². The van der Waals surface area contributed by atoms with Gasteiger partial charge < -0.3 is 15.3 Å². The monoisotopic (exact) mass is 390 g/mol. The number of nitrogens with one attached hydrogen (secondary N) is 1. The molecule has 0 radical (unpaired) electrons. The van der Waals surface area contributed by atoms with Gasteiger partial charge in [0.05, 0.1) is 43.2 Å². The number of thiazole rings is 1. The first-order valence-electron chi connectivity index (χ1n) is 9.33. The molecule has 0 aromatic carbocycles. The quantitative estimate of drug-likeness (QED) is 0.766. The molecule has 1 amide bonds. The van der Waals surface area contributed by atoms with Crippen molar-refractivity contribution in [2.75, 3.05) is 20.1 Å². The maximum Gasteiger partial charge on any atom is 0.240 e. The van der Waals surface area contributed by atoms with Gasteiger partial charge in [0.1, 0.15) is 5.01 Å². The van der Waals surface area contributed by atoms with E-state index in [2.05, 4.69) is 33.7 Å². The second kappa shape index (κ2) is 7.67. The van der Waals surface area contributed by atoms with Crippen LogP contribution < -0.4 is 5.32 Å². The Bertz CT molecular complexity index is 819. The van der Waals surface area contributed by atoms with Crippen LogP contribution in [0.3, 0.4) is 0 Å². The molecule has 9 heteroatoms. The van der Waals surface area contributed by atoms with E-state index in [-0.39, 0.29) is 11.9 Å². The Kier molecular flexibility index (Phi) is 5.27. The molecule has 2 aromatic rings. The molecule has 0 spiro atoms. The van der Waals surface area contributed by atoms with Crippen molar-refractivity contribution in [1.82, 2.24) is 29.9 Å². The first-order chi connectivity index (χ1) is 13.0. The van der Waals surface area contributed by atoms with Crippen molar-refractivity contribution < 1.29 is 9.90 Å². The van der Waals surface area contributed by atoms with Crippen LogP contribution in [0.25, 0.3) is 0 Å². The average Bonchev–Trinajstić information content (AvgIpc) is 3.33. The van der Waals surface area contributed by atoms with Gasteiger partial charge in [-0.3, -0.25) is 14.4 Å². The highest BCUT2D eigenvalue weighted by Gasteiger charge is 2.33. The summed E-state index contributed by atoms with van der Waals surface area (Å²) in [6.45, 7) is 6.02. The normalized spacial score (nSPS) is 22.4. The van der Waals surface area contributed by atoms with Gasteiger partial charge in [0.15, 0.2) is 0 Å². The van der Waals surface area contributed by atoms with Gasteiger partial charge in [-0.1, -0.05) is 0 Å². The maximum absolute atomic E-state index is 12.7. The Morgan fingerprint density at radius 3 is 3.00 bits per heavy atom. The predicted molar refractivity (Wildman–Crippen MR) is 102 cm³/mol. The van der Waals surface area contributed by atoms with Gasteiger partial charge in [-0.05, 0) is 26.5 Å². The highest BCUT2D eigenvalue weighted by Crippen LogP contribution is 2.19. The third kappa shape index (κ3) is 4.21. The van der Waals surface area contributed by atoms with Crippen LogP contribution in [0, 0.1) is 6.92 Å². The van der Waals surface area contributed by atoms with Gasteiger partial charge in [0.25, 0.3) is 0 Å². The summed E-state index contributed by atoms with van der Waals surface area (Å²) in [7, 11) is 2.07. The summed E-state index contributed by atoms with van der Waals surface area (Å²) in [6.07, 6.45) is 0.0824. The third-order valence-electron chi connectivity index (χ3n) is 5.07. The van der Waals surface area contributed by atoms with E-state index in [4.69, 9.17) is 5.10 Å². The van der Waals surface area contributed by atoms with E-state index in [1.54, 1.807) is 11.3 Å². The third-order valence-corrected chi connectivity index (χ3v) is 6.02. The molecule has 1 fully saturated rings. The zero-order chi connectivity index (χ0) is 19.0. The molecule has 146 valence electrons. The number of β-amino-alcohol motifs (C(OH)–C–C–N with tert-alkyl or cyclic N) is 1. The first-order valence-corrected chi connectivity index (χ1v) is 10.2. The summed E-state index contributed by atoms with van der Waals surface area (Å²) in [5.74, 6) is 0.0804. The second-order valence-electron chi connectivity index (χ2n) is 7.52. The van der Waals surface area contributed by atoms with Crippen molar-refractivity contribution >= 4 is 17.2 Å². The van der Waals surface area contributed by atoms with Gasteiger partial charge >= 0.3 is 0 Å². The Balaban J connectivity index is 1.36. The minimum Gasteiger partial charge on any atom is -0.392 e. The number of aryl methyl sites for hydroxylation is 1. The van der Waals surface area contributed by atoms with Crippen LogP contribution in [0.4, 0.5) is 0 Å². The van der Waals surface area contributed by atoms with E-state index in [1.165, 1.54) is 0 Å². The molecule has 0 unspecified atom stereocenters. The lowest BCUT2D eigenvalue weighted by Gasteiger charge is -2.29. The van der Waals surface area contributed by atoms with Crippen molar-refractivity contribution in [2.24, 2.45) is 0 Å². The largest absolute Gasteiger partial charge is 0.392 e. The van der Waals surface area contributed by atoms with E-state index < -0.39 is 6.10 Å². The lowest BCUT2D eigenvalue weighted by Crippen LogP contribution is -2.46. The van der Waals surface area contributed by atoms with Crippen LogP contribution in [0.2, 0.25) is 0 Å². The average molecular weight is 391 g/mol. The number of fused-ring (bicyclic) bond motifs is 1. The van der Waals surface area contributed by atoms with Crippen molar-refractivity contribution in [2.45, 2.75) is 51.7 Å². The fourth-order valence-electron chi connectivity index (χ4n) is 3.76. The zero-order valence-electron chi connectivity index (χ0n) is 15.8. The minimum atomic E-state index is -0.418. The number of nitrogens with zero attached hydrogens (tertiary/aromatic N) is 5. The SMILES string of the molecule is Cc1csc(CN(C)Cc2cc3n(n2)CCN(C(=O)[C@@H]2C[C@@H](O)CN2)C3)n1. The van der Waals surface area contributed by atoms with Crippen molar-refractivity contribution in [3.05, 3.63) is 33.5 Å². The molecule has 2 aliphatic rings. The van der Waals surface area contributed by atoms with Gasteiger partial charge in [-0.15, -0.1) is 11.3 Å². The number of hydrogen-bond donors (Lipinski definition) is 2. The van der Waals surface area contributed by atoms with Gasteiger partial charge in [0, 0.05) is 30.7 Å². The Morgan fingerprint density at radius 2 is 2.30 bits per heavy atom. The smallest absolute Gasteiger partial charge is 0.240 e. The van der Waals surface area contributed by atoms with Crippen molar-refractivity contribution in [1.29, 1.82) is 0 Å². The standard InChI is InChI=1S/C18H26N6O2S/c1-12-11-27-17(20-12)10-22(2)8-13-5-14-9-23(3-4-24(14)21-13)18(26)16-6-15(25)7-19-16/h5,11,15-16,19,25H,3-4,6-10H2,1-2H3/t15-,16+/m1/s1. The number of aromatic nitrogens is 3. The van der Waals surface area contributed by atoms with E-state index in [0.717, 1.165) is 35.2 Å². The number of carbonyl (C=O) groups excluding carboxylic acids is 1. The number of rotatable bonds is 5.